The van der Waals surface area contributed by atoms with Gasteiger partial charge in [-0.25, -0.2) is 0 Å². The van der Waals surface area contributed by atoms with Crippen LogP contribution in [0.5, 0.6) is 0 Å². The third kappa shape index (κ3) is 3.47. The predicted octanol–water partition coefficient (Wildman–Crippen LogP) is 3.03. The number of ether oxygens (including phenoxy) is 1. The van der Waals surface area contributed by atoms with E-state index in [-0.39, 0.29) is 18.5 Å². The largest absolute Gasteiger partial charge is 0.493 e. The van der Waals surface area contributed by atoms with Crippen LogP contribution >= 0.6 is 12.4 Å². The van der Waals surface area contributed by atoms with Crippen LogP contribution in [-0.4, -0.2) is 4.98 Å². The molecular weight excluding hydrogens is 186 g/mol. The first-order chi connectivity index (χ1) is 5.74. The molecule has 1 unspecified atom stereocenters. The highest BCUT2D eigenvalue weighted by Crippen LogP contribution is 2.14. The van der Waals surface area contributed by atoms with E-state index in [1.165, 1.54) is 11.8 Å². The zero-order valence-electron chi connectivity index (χ0n) is 7.86. The maximum atomic E-state index is 5.18. The molecule has 0 aromatic carbocycles. The number of hydrogen-bond donors (Lipinski definition) is 0. The molecule has 0 fully saturated rings. The van der Waals surface area contributed by atoms with Gasteiger partial charge < -0.3 is 4.74 Å². The molecule has 3 heteroatoms. The number of pyridine rings is 1. The molecule has 1 atom stereocenters. The van der Waals surface area contributed by atoms with Gasteiger partial charge in [0, 0.05) is 6.20 Å². The van der Waals surface area contributed by atoms with Gasteiger partial charge in [0.05, 0.1) is 12.0 Å². The van der Waals surface area contributed by atoms with E-state index in [9.17, 15) is 0 Å². The topological polar surface area (TPSA) is 22.1 Å². The Kier molecular flexibility index (Phi) is 5.16. The molecule has 2 nitrogen and oxygen atoms in total. The van der Waals surface area contributed by atoms with Gasteiger partial charge in [0.15, 0.2) is 0 Å². The SMILES string of the molecule is C=COC(C)c1cc(C)ccn1.Cl. The molecule has 0 radical (unpaired) electrons. The second kappa shape index (κ2) is 5.60. The Morgan fingerprint density at radius 1 is 1.62 bits per heavy atom. The average molecular weight is 200 g/mol. The van der Waals surface area contributed by atoms with Crippen LogP contribution in [0, 0.1) is 6.92 Å². The zero-order chi connectivity index (χ0) is 8.97. The number of nitrogens with zero attached hydrogens (tertiary/aromatic N) is 1. The molecular formula is C10H14ClNO. The lowest BCUT2D eigenvalue weighted by molar-refractivity contribution is 0.161. The summed E-state index contributed by atoms with van der Waals surface area (Å²) in [6.07, 6.45) is 3.21. The molecule has 0 bridgehead atoms. The van der Waals surface area contributed by atoms with Crippen molar-refractivity contribution >= 4 is 12.4 Å². The number of aromatic nitrogens is 1. The number of hydrogen-bond acceptors (Lipinski definition) is 2. The maximum absolute atomic E-state index is 5.18. The van der Waals surface area contributed by atoms with Crippen molar-refractivity contribution in [1.82, 2.24) is 4.98 Å². The fourth-order valence-corrected chi connectivity index (χ4v) is 0.996. The molecule has 0 spiro atoms. The minimum absolute atomic E-state index is 0. The lowest BCUT2D eigenvalue weighted by Gasteiger charge is -2.10. The van der Waals surface area contributed by atoms with Crippen LogP contribution in [-0.2, 0) is 4.74 Å². The number of aryl methyl sites for hydroxylation is 1. The van der Waals surface area contributed by atoms with E-state index in [4.69, 9.17) is 4.74 Å². The first-order valence-corrected chi connectivity index (χ1v) is 3.93. The quantitative estimate of drug-likeness (QED) is 0.699. The highest BCUT2D eigenvalue weighted by molar-refractivity contribution is 5.85. The highest BCUT2D eigenvalue weighted by atomic mass is 35.5. The summed E-state index contributed by atoms with van der Waals surface area (Å²) in [4.78, 5) is 4.19. The van der Waals surface area contributed by atoms with Crippen LogP contribution in [0.4, 0.5) is 0 Å². The molecule has 1 heterocycles. The molecule has 0 saturated carbocycles. The van der Waals surface area contributed by atoms with E-state index in [0.717, 1.165) is 5.69 Å². The van der Waals surface area contributed by atoms with Crippen molar-refractivity contribution in [3.63, 3.8) is 0 Å². The Hall–Kier alpha value is -1.02. The van der Waals surface area contributed by atoms with E-state index >= 15 is 0 Å². The molecule has 0 aliphatic heterocycles. The smallest absolute Gasteiger partial charge is 0.137 e. The third-order valence-corrected chi connectivity index (χ3v) is 1.65. The summed E-state index contributed by atoms with van der Waals surface area (Å²) in [7, 11) is 0. The van der Waals surface area contributed by atoms with Crippen LogP contribution in [0.25, 0.3) is 0 Å². The minimum Gasteiger partial charge on any atom is -0.493 e. The van der Waals surface area contributed by atoms with E-state index < -0.39 is 0 Å². The molecule has 1 rings (SSSR count). The standard InChI is InChI=1S/C10H13NO.ClH/c1-4-12-9(3)10-7-8(2)5-6-11-10;/h4-7,9H,1H2,2-3H3;1H. The maximum Gasteiger partial charge on any atom is 0.137 e. The lowest BCUT2D eigenvalue weighted by atomic mass is 10.2. The molecule has 72 valence electrons. The Labute approximate surface area is 85.1 Å². The second-order valence-corrected chi connectivity index (χ2v) is 2.70. The molecule has 0 saturated heterocycles. The van der Waals surface area contributed by atoms with Gasteiger partial charge in [-0.1, -0.05) is 6.58 Å². The van der Waals surface area contributed by atoms with Crippen molar-refractivity contribution in [3.8, 4) is 0 Å². The summed E-state index contributed by atoms with van der Waals surface area (Å²) in [6, 6.07) is 3.97. The van der Waals surface area contributed by atoms with Gasteiger partial charge in [-0.15, -0.1) is 12.4 Å². The van der Waals surface area contributed by atoms with Crippen LogP contribution in [0.15, 0.2) is 31.2 Å². The monoisotopic (exact) mass is 199 g/mol. The van der Waals surface area contributed by atoms with Gasteiger partial charge in [-0.3, -0.25) is 4.98 Å². The van der Waals surface area contributed by atoms with Gasteiger partial charge in [0.2, 0.25) is 0 Å². The van der Waals surface area contributed by atoms with E-state index in [1.54, 1.807) is 6.20 Å². The first-order valence-electron chi connectivity index (χ1n) is 3.93. The Bertz CT molecular complexity index is 275. The van der Waals surface area contributed by atoms with E-state index in [0.29, 0.717) is 0 Å². The van der Waals surface area contributed by atoms with Gasteiger partial charge in [0.25, 0.3) is 0 Å². The van der Waals surface area contributed by atoms with Crippen molar-refractivity contribution in [2.24, 2.45) is 0 Å². The summed E-state index contributed by atoms with van der Waals surface area (Å²) in [5.41, 5.74) is 2.13. The number of rotatable bonds is 3. The van der Waals surface area contributed by atoms with Crippen molar-refractivity contribution in [3.05, 3.63) is 42.4 Å². The van der Waals surface area contributed by atoms with Gasteiger partial charge in [0.1, 0.15) is 6.10 Å². The van der Waals surface area contributed by atoms with Gasteiger partial charge in [-0.05, 0) is 31.5 Å². The average Bonchev–Trinajstić information content (AvgIpc) is 2.05. The lowest BCUT2D eigenvalue weighted by Crippen LogP contribution is -1.98. The van der Waals surface area contributed by atoms with Crippen LogP contribution < -0.4 is 0 Å². The summed E-state index contributed by atoms with van der Waals surface area (Å²) >= 11 is 0. The second-order valence-electron chi connectivity index (χ2n) is 2.70. The Morgan fingerprint density at radius 2 is 2.31 bits per heavy atom. The zero-order valence-corrected chi connectivity index (χ0v) is 8.67. The minimum atomic E-state index is -0.0117. The summed E-state index contributed by atoms with van der Waals surface area (Å²) in [6.45, 7) is 7.48. The highest BCUT2D eigenvalue weighted by Gasteiger charge is 2.04. The predicted molar refractivity (Wildman–Crippen MR) is 55.9 cm³/mol. The van der Waals surface area contributed by atoms with E-state index in [2.05, 4.69) is 11.6 Å². The van der Waals surface area contributed by atoms with Crippen molar-refractivity contribution in [2.75, 3.05) is 0 Å². The fourth-order valence-electron chi connectivity index (χ4n) is 0.996. The molecule has 13 heavy (non-hydrogen) atoms. The molecule has 1 aromatic heterocycles. The van der Waals surface area contributed by atoms with Gasteiger partial charge in [-0.2, -0.15) is 0 Å². The van der Waals surface area contributed by atoms with Crippen LogP contribution in [0.2, 0.25) is 0 Å². The Morgan fingerprint density at radius 3 is 2.85 bits per heavy atom. The first kappa shape index (κ1) is 12.0. The van der Waals surface area contributed by atoms with Crippen molar-refractivity contribution < 1.29 is 4.74 Å². The molecule has 1 aromatic rings. The fraction of sp³-hybridized carbons (Fsp3) is 0.300. The Balaban J connectivity index is 0.00000144. The molecule has 0 N–H and O–H groups in total. The van der Waals surface area contributed by atoms with Crippen LogP contribution in [0.1, 0.15) is 24.3 Å². The molecule has 0 aliphatic carbocycles. The summed E-state index contributed by atoms with van der Waals surface area (Å²) in [5, 5.41) is 0. The summed E-state index contributed by atoms with van der Waals surface area (Å²) in [5.74, 6) is 0. The van der Waals surface area contributed by atoms with Gasteiger partial charge >= 0.3 is 0 Å². The third-order valence-electron chi connectivity index (χ3n) is 1.65. The van der Waals surface area contributed by atoms with Crippen molar-refractivity contribution in [1.29, 1.82) is 0 Å². The molecule has 0 amide bonds. The van der Waals surface area contributed by atoms with Crippen LogP contribution in [0.3, 0.4) is 0 Å². The normalized spacial score (nSPS) is 11.2. The molecule has 0 aliphatic rings. The number of halogens is 1. The summed E-state index contributed by atoms with van der Waals surface area (Å²) < 4.78 is 5.18. The van der Waals surface area contributed by atoms with Crippen molar-refractivity contribution in [2.45, 2.75) is 20.0 Å². The van der Waals surface area contributed by atoms with E-state index in [1.807, 2.05) is 26.0 Å².